The number of hydrogen-bond donors (Lipinski definition) is 2. The molecule has 16 heavy (non-hydrogen) atoms. The molecule has 1 aromatic rings. The highest BCUT2D eigenvalue weighted by atomic mass is 16.3. The van der Waals surface area contributed by atoms with Crippen molar-refractivity contribution in [1.29, 1.82) is 0 Å². The molecule has 0 aliphatic heterocycles. The summed E-state index contributed by atoms with van der Waals surface area (Å²) in [6.45, 7) is 0. The van der Waals surface area contributed by atoms with Gasteiger partial charge in [-0.05, 0) is 32.7 Å². The number of nitrogens with one attached hydrogen (secondary N) is 1. The smallest absolute Gasteiger partial charge is 0.0855 e. The predicted molar refractivity (Wildman–Crippen MR) is 61.0 cm³/mol. The number of hydrogen-bond acceptors (Lipinski definition) is 4. The fraction of sp³-hybridized carbons (Fsp3) is 0.818. The number of aromatic nitrogens is 3. The molecule has 1 fully saturated rings. The topological polar surface area (TPSA) is 63.0 Å². The third-order valence-corrected chi connectivity index (χ3v) is 3.48. The van der Waals surface area contributed by atoms with Crippen molar-refractivity contribution in [2.24, 2.45) is 7.05 Å². The van der Waals surface area contributed by atoms with Gasteiger partial charge in [0.05, 0.1) is 11.3 Å². The molecule has 5 heteroatoms. The summed E-state index contributed by atoms with van der Waals surface area (Å²) in [7, 11) is 3.83. The zero-order valence-electron chi connectivity index (χ0n) is 9.98. The minimum atomic E-state index is -0.580. The van der Waals surface area contributed by atoms with E-state index >= 15 is 0 Å². The Morgan fingerprint density at radius 1 is 1.56 bits per heavy atom. The molecule has 0 radical (unpaired) electrons. The normalized spacial score (nSPS) is 30.6. The van der Waals surface area contributed by atoms with Gasteiger partial charge < -0.3 is 10.4 Å². The van der Waals surface area contributed by atoms with Gasteiger partial charge in [-0.3, -0.25) is 4.68 Å². The molecule has 0 amide bonds. The van der Waals surface area contributed by atoms with E-state index < -0.39 is 5.60 Å². The number of nitrogens with zero attached hydrogens (tertiary/aromatic N) is 3. The fourth-order valence-corrected chi connectivity index (χ4v) is 2.43. The van der Waals surface area contributed by atoms with E-state index in [1.54, 1.807) is 4.68 Å². The Labute approximate surface area is 95.8 Å². The third-order valence-electron chi connectivity index (χ3n) is 3.48. The molecule has 0 atom stereocenters. The average molecular weight is 224 g/mol. The molecule has 0 aromatic carbocycles. The second-order valence-electron chi connectivity index (χ2n) is 4.85. The van der Waals surface area contributed by atoms with Crippen LogP contribution in [0.5, 0.6) is 0 Å². The lowest BCUT2D eigenvalue weighted by atomic mass is 9.79. The molecule has 1 saturated carbocycles. The van der Waals surface area contributed by atoms with Gasteiger partial charge in [0, 0.05) is 25.7 Å². The van der Waals surface area contributed by atoms with Crippen LogP contribution in [-0.4, -0.2) is 38.8 Å². The van der Waals surface area contributed by atoms with E-state index in [1.165, 1.54) is 0 Å². The Balaban J connectivity index is 1.94. The average Bonchev–Trinajstić information content (AvgIpc) is 2.64. The van der Waals surface area contributed by atoms with Gasteiger partial charge in [0.1, 0.15) is 0 Å². The van der Waals surface area contributed by atoms with Crippen LogP contribution >= 0.6 is 0 Å². The summed E-state index contributed by atoms with van der Waals surface area (Å²) < 4.78 is 1.68. The summed E-state index contributed by atoms with van der Waals surface area (Å²) in [5, 5.41) is 21.6. The monoisotopic (exact) mass is 224 g/mol. The Kier molecular flexibility index (Phi) is 3.25. The van der Waals surface area contributed by atoms with Crippen LogP contribution in [0.4, 0.5) is 0 Å². The van der Waals surface area contributed by atoms with Gasteiger partial charge in [-0.15, -0.1) is 5.10 Å². The zero-order valence-corrected chi connectivity index (χ0v) is 9.98. The van der Waals surface area contributed by atoms with Gasteiger partial charge in [0.15, 0.2) is 0 Å². The van der Waals surface area contributed by atoms with Crippen molar-refractivity contribution in [3.05, 3.63) is 11.9 Å². The molecular formula is C11H20N4O. The Morgan fingerprint density at radius 3 is 2.75 bits per heavy atom. The first-order valence-corrected chi connectivity index (χ1v) is 5.86. The van der Waals surface area contributed by atoms with Gasteiger partial charge in [-0.1, -0.05) is 5.21 Å². The SMILES string of the molecule is CNC1CCC(O)(Cc2cn(C)nn2)CC1. The van der Waals surface area contributed by atoms with Crippen molar-refractivity contribution in [1.82, 2.24) is 20.3 Å². The van der Waals surface area contributed by atoms with Crippen LogP contribution in [0.3, 0.4) is 0 Å². The van der Waals surface area contributed by atoms with E-state index in [0.717, 1.165) is 31.4 Å². The van der Waals surface area contributed by atoms with Crippen molar-refractivity contribution in [3.8, 4) is 0 Å². The van der Waals surface area contributed by atoms with E-state index in [9.17, 15) is 5.11 Å². The quantitative estimate of drug-likeness (QED) is 0.772. The van der Waals surface area contributed by atoms with Crippen LogP contribution in [0.2, 0.25) is 0 Å². The molecule has 0 unspecified atom stereocenters. The minimum Gasteiger partial charge on any atom is -0.389 e. The first kappa shape index (κ1) is 11.5. The summed E-state index contributed by atoms with van der Waals surface area (Å²) in [5.74, 6) is 0. The number of rotatable bonds is 3. The maximum atomic E-state index is 10.4. The maximum absolute atomic E-state index is 10.4. The fourth-order valence-electron chi connectivity index (χ4n) is 2.43. The number of aryl methyl sites for hydroxylation is 1. The molecule has 0 spiro atoms. The molecule has 90 valence electrons. The molecule has 2 rings (SSSR count). The molecule has 2 N–H and O–H groups in total. The molecule has 0 bridgehead atoms. The van der Waals surface area contributed by atoms with Crippen LogP contribution in [-0.2, 0) is 13.5 Å². The van der Waals surface area contributed by atoms with E-state index in [-0.39, 0.29) is 0 Å². The van der Waals surface area contributed by atoms with Gasteiger partial charge in [0.2, 0.25) is 0 Å². The van der Waals surface area contributed by atoms with Crippen LogP contribution in [0.1, 0.15) is 31.4 Å². The highest BCUT2D eigenvalue weighted by Crippen LogP contribution is 2.30. The third kappa shape index (κ3) is 2.59. The van der Waals surface area contributed by atoms with Crippen LogP contribution in [0.25, 0.3) is 0 Å². The van der Waals surface area contributed by atoms with Crippen LogP contribution < -0.4 is 5.32 Å². The lowest BCUT2D eigenvalue weighted by Crippen LogP contribution is -2.41. The molecular weight excluding hydrogens is 204 g/mol. The first-order chi connectivity index (χ1) is 7.61. The molecule has 1 aliphatic carbocycles. The van der Waals surface area contributed by atoms with E-state index in [0.29, 0.717) is 12.5 Å². The summed E-state index contributed by atoms with van der Waals surface area (Å²) in [4.78, 5) is 0. The van der Waals surface area contributed by atoms with Crippen molar-refractivity contribution in [2.75, 3.05) is 7.05 Å². The lowest BCUT2D eigenvalue weighted by molar-refractivity contribution is -0.00323. The number of aliphatic hydroxyl groups is 1. The largest absolute Gasteiger partial charge is 0.389 e. The van der Waals surface area contributed by atoms with Crippen LogP contribution in [0.15, 0.2) is 6.20 Å². The van der Waals surface area contributed by atoms with E-state index in [2.05, 4.69) is 15.6 Å². The van der Waals surface area contributed by atoms with Crippen LogP contribution in [0, 0.1) is 0 Å². The van der Waals surface area contributed by atoms with Gasteiger partial charge in [-0.25, -0.2) is 0 Å². The van der Waals surface area contributed by atoms with E-state index in [1.807, 2.05) is 20.3 Å². The Morgan fingerprint density at radius 2 is 2.25 bits per heavy atom. The van der Waals surface area contributed by atoms with Gasteiger partial charge >= 0.3 is 0 Å². The van der Waals surface area contributed by atoms with E-state index in [4.69, 9.17) is 0 Å². The summed E-state index contributed by atoms with van der Waals surface area (Å²) in [6, 6.07) is 0.558. The van der Waals surface area contributed by atoms with Crippen molar-refractivity contribution in [2.45, 2.75) is 43.7 Å². The van der Waals surface area contributed by atoms with Crippen molar-refractivity contribution in [3.63, 3.8) is 0 Å². The standard InChI is InChI=1S/C11H20N4O/c1-12-9-3-5-11(16,6-4-9)7-10-8-15(2)14-13-10/h8-9,12,16H,3-7H2,1-2H3. The Bertz CT molecular complexity index is 342. The van der Waals surface area contributed by atoms with Gasteiger partial charge in [-0.2, -0.15) is 0 Å². The zero-order chi connectivity index (χ0) is 11.6. The first-order valence-electron chi connectivity index (χ1n) is 5.86. The van der Waals surface area contributed by atoms with Crippen molar-refractivity contribution < 1.29 is 5.11 Å². The second kappa shape index (κ2) is 4.51. The summed E-state index contributed by atoms with van der Waals surface area (Å²) in [6.07, 6.45) is 6.25. The molecule has 1 aliphatic rings. The highest BCUT2D eigenvalue weighted by Gasteiger charge is 2.33. The molecule has 1 heterocycles. The molecule has 0 saturated heterocycles. The molecule has 1 aromatic heterocycles. The summed E-state index contributed by atoms with van der Waals surface area (Å²) in [5.41, 5.74) is 0.302. The maximum Gasteiger partial charge on any atom is 0.0855 e. The lowest BCUT2D eigenvalue weighted by Gasteiger charge is -2.35. The Hall–Kier alpha value is -0.940. The molecule has 5 nitrogen and oxygen atoms in total. The predicted octanol–water partition coefficient (Wildman–Crippen LogP) is 0.251. The second-order valence-corrected chi connectivity index (χ2v) is 4.85. The van der Waals surface area contributed by atoms with Gasteiger partial charge in [0.25, 0.3) is 0 Å². The highest BCUT2D eigenvalue weighted by molar-refractivity contribution is 5.01. The summed E-state index contributed by atoms with van der Waals surface area (Å²) >= 11 is 0. The minimum absolute atomic E-state index is 0.558. The van der Waals surface area contributed by atoms with Crippen molar-refractivity contribution >= 4 is 0 Å².